The second-order valence-corrected chi connectivity index (χ2v) is 5.37. The average Bonchev–Trinajstić information content (AvgIpc) is 2.48. The molecule has 0 N–H and O–H groups in total. The van der Waals surface area contributed by atoms with Gasteiger partial charge in [-0.25, -0.2) is 9.63 Å². The van der Waals surface area contributed by atoms with Crippen LogP contribution in [0.3, 0.4) is 0 Å². The van der Waals surface area contributed by atoms with E-state index in [0.29, 0.717) is 34.7 Å². The third kappa shape index (κ3) is 9.86. The lowest BCUT2D eigenvalue weighted by Crippen LogP contribution is -2.32. The van der Waals surface area contributed by atoms with Crippen molar-refractivity contribution in [3.05, 3.63) is 0 Å². The van der Waals surface area contributed by atoms with E-state index in [1.807, 2.05) is 6.66 Å². The van der Waals surface area contributed by atoms with Crippen LogP contribution in [0.25, 0.3) is 0 Å². The van der Waals surface area contributed by atoms with Gasteiger partial charge in [-0.1, -0.05) is 0 Å². The molecule has 2 atom stereocenters. The second kappa shape index (κ2) is 13.1. The minimum Gasteiger partial charge on any atom is -0.373 e. The first-order valence-corrected chi connectivity index (χ1v) is 8.83. The summed E-state index contributed by atoms with van der Waals surface area (Å²) in [4.78, 5) is 28.2. The van der Waals surface area contributed by atoms with Crippen LogP contribution in [0.5, 0.6) is 0 Å². The molecule has 21 heavy (non-hydrogen) atoms. The molecule has 0 heterocycles. The number of carbonyl (C=O) groups is 2. The molecule has 0 aromatic carbocycles. The van der Waals surface area contributed by atoms with Gasteiger partial charge >= 0.3 is 14.7 Å². The fraction of sp³-hybridized carbons (Fsp3) is 0.833. The number of nitrogens with zero attached hydrogens (tertiary/aromatic N) is 1. The van der Waals surface area contributed by atoms with Crippen LogP contribution in [0.2, 0.25) is 0 Å². The molecule has 9 heteroatoms. The molecule has 0 aliphatic heterocycles. The first kappa shape index (κ1) is 20.4. The SMILES string of the molecule is CON(C)C(=O)C(CCCOPC)CCCC(=O)OP=O. The number of rotatable bonds is 12. The van der Waals surface area contributed by atoms with Gasteiger partial charge in [0, 0.05) is 28.2 Å². The average molecular weight is 339 g/mol. The van der Waals surface area contributed by atoms with Gasteiger partial charge in [0.25, 0.3) is 0 Å². The zero-order chi connectivity index (χ0) is 16.1. The molecule has 0 aliphatic carbocycles. The molecule has 0 radical (unpaired) electrons. The minimum atomic E-state index is -0.642. The molecule has 7 nitrogen and oxygen atoms in total. The third-order valence-electron chi connectivity index (χ3n) is 2.95. The topological polar surface area (TPSA) is 82.1 Å². The Morgan fingerprint density at radius 2 is 1.95 bits per heavy atom. The summed E-state index contributed by atoms with van der Waals surface area (Å²) in [6.45, 7) is 2.56. The van der Waals surface area contributed by atoms with Gasteiger partial charge in [-0.05, 0) is 32.3 Å². The van der Waals surface area contributed by atoms with E-state index in [1.165, 1.54) is 12.2 Å². The largest absolute Gasteiger partial charge is 0.398 e. The molecule has 0 aromatic rings. The summed E-state index contributed by atoms with van der Waals surface area (Å²) in [5.74, 6) is -0.878. The van der Waals surface area contributed by atoms with Crippen LogP contribution < -0.4 is 0 Å². The monoisotopic (exact) mass is 339 g/mol. The molecule has 1 amide bonds. The molecule has 0 bridgehead atoms. The van der Waals surface area contributed by atoms with Crippen molar-refractivity contribution in [2.24, 2.45) is 5.92 Å². The summed E-state index contributed by atoms with van der Waals surface area (Å²) in [6.07, 6.45) is 2.64. The molecular formula is C12H23NO6P2. The van der Waals surface area contributed by atoms with Crippen molar-refractivity contribution in [3.8, 4) is 0 Å². The molecule has 0 spiro atoms. The van der Waals surface area contributed by atoms with Gasteiger partial charge in [0.15, 0.2) is 0 Å². The first-order valence-electron chi connectivity index (χ1n) is 6.69. The lowest BCUT2D eigenvalue weighted by molar-refractivity contribution is -0.174. The van der Waals surface area contributed by atoms with E-state index in [1.54, 1.807) is 7.05 Å². The number of hydrogen-bond acceptors (Lipinski definition) is 6. The Kier molecular flexibility index (Phi) is 12.7. The first-order chi connectivity index (χ1) is 10.1. The normalized spacial score (nSPS) is 12.7. The van der Waals surface area contributed by atoms with Gasteiger partial charge in [0.2, 0.25) is 5.91 Å². The molecule has 0 saturated carbocycles. The van der Waals surface area contributed by atoms with Crippen LogP contribution in [0.1, 0.15) is 32.1 Å². The molecule has 0 rings (SSSR count). The predicted octanol–water partition coefficient (Wildman–Crippen LogP) is 2.56. The summed E-state index contributed by atoms with van der Waals surface area (Å²) >= 11 is 0. The third-order valence-corrected chi connectivity index (χ3v) is 3.72. The predicted molar refractivity (Wildman–Crippen MR) is 80.2 cm³/mol. The van der Waals surface area contributed by atoms with Gasteiger partial charge in [-0.15, -0.1) is 0 Å². The Bertz CT molecular complexity index is 329. The van der Waals surface area contributed by atoms with Gasteiger partial charge in [-0.3, -0.25) is 14.4 Å². The van der Waals surface area contributed by atoms with Gasteiger partial charge in [0.1, 0.15) is 0 Å². The highest BCUT2D eigenvalue weighted by Gasteiger charge is 2.22. The highest BCUT2D eigenvalue weighted by Crippen LogP contribution is 2.19. The minimum absolute atomic E-state index is 0.119. The number of hydroxylamine groups is 2. The van der Waals surface area contributed by atoms with E-state index in [4.69, 9.17) is 9.36 Å². The standard InChI is InChI=1S/C12H23NO6P2/c1-13(17-2)12(15)10(7-5-9-18-20-3)6-4-8-11(14)19-21-16/h10,20H,4-9H2,1-3H3. The Hall–Kier alpha value is -0.610. The zero-order valence-corrected chi connectivity index (χ0v) is 14.6. The van der Waals surface area contributed by atoms with Crippen molar-refractivity contribution in [1.82, 2.24) is 5.06 Å². The summed E-state index contributed by atoms with van der Waals surface area (Å²) in [6, 6.07) is 0. The molecule has 0 aromatic heterocycles. The van der Waals surface area contributed by atoms with E-state index in [-0.39, 0.29) is 18.2 Å². The van der Waals surface area contributed by atoms with Crippen LogP contribution in [-0.2, 0) is 28.0 Å². The summed E-state index contributed by atoms with van der Waals surface area (Å²) in [5, 5.41) is 1.20. The van der Waals surface area contributed by atoms with Gasteiger partial charge < -0.3 is 9.05 Å². The van der Waals surface area contributed by atoms with Crippen LogP contribution in [0.15, 0.2) is 0 Å². The molecule has 0 aliphatic rings. The fourth-order valence-corrected chi connectivity index (χ4v) is 2.35. The van der Waals surface area contributed by atoms with Crippen LogP contribution in [-0.4, -0.2) is 44.4 Å². The second-order valence-electron chi connectivity index (χ2n) is 4.34. The van der Waals surface area contributed by atoms with Crippen molar-refractivity contribution in [1.29, 1.82) is 0 Å². The van der Waals surface area contributed by atoms with E-state index in [9.17, 15) is 14.2 Å². The van der Waals surface area contributed by atoms with E-state index in [2.05, 4.69) is 4.52 Å². The molecule has 2 unspecified atom stereocenters. The van der Waals surface area contributed by atoms with Crippen molar-refractivity contribution < 1.29 is 28.0 Å². The Labute approximate surface area is 128 Å². The van der Waals surface area contributed by atoms with Crippen LogP contribution >= 0.6 is 17.5 Å². The van der Waals surface area contributed by atoms with Crippen molar-refractivity contribution in [2.45, 2.75) is 32.1 Å². The van der Waals surface area contributed by atoms with Crippen molar-refractivity contribution in [2.75, 3.05) is 27.4 Å². The van der Waals surface area contributed by atoms with Crippen LogP contribution in [0.4, 0.5) is 0 Å². The van der Waals surface area contributed by atoms with E-state index in [0.717, 1.165) is 6.42 Å². The van der Waals surface area contributed by atoms with Gasteiger partial charge in [0.05, 0.1) is 13.7 Å². The zero-order valence-electron chi connectivity index (χ0n) is 12.7. The highest BCUT2D eigenvalue weighted by molar-refractivity contribution is 7.31. The Morgan fingerprint density at radius 1 is 1.29 bits per heavy atom. The lowest BCUT2D eigenvalue weighted by atomic mass is 9.96. The number of hydrogen-bond donors (Lipinski definition) is 0. The maximum atomic E-state index is 12.1. The lowest BCUT2D eigenvalue weighted by Gasteiger charge is -2.21. The summed E-state index contributed by atoms with van der Waals surface area (Å²) < 4.78 is 19.7. The smallest absolute Gasteiger partial charge is 0.373 e. The molecule has 0 fully saturated rings. The van der Waals surface area contributed by atoms with E-state index < -0.39 is 14.7 Å². The molecule has 0 saturated heterocycles. The van der Waals surface area contributed by atoms with Crippen LogP contribution in [0, 0.1) is 5.92 Å². The fourth-order valence-electron chi connectivity index (χ4n) is 1.82. The maximum Gasteiger partial charge on any atom is 0.398 e. The number of carbonyl (C=O) groups excluding carboxylic acids is 2. The molecule has 122 valence electrons. The Morgan fingerprint density at radius 3 is 2.52 bits per heavy atom. The number of amides is 1. The van der Waals surface area contributed by atoms with Crippen molar-refractivity contribution in [3.63, 3.8) is 0 Å². The van der Waals surface area contributed by atoms with Crippen molar-refractivity contribution >= 4 is 29.4 Å². The maximum absolute atomic E-state index is 12.1. The van der Waals surface area contributed by atoms with Gasteiger partial charge in [-0.2, -0.15) is 0 Å². The highest BCUT2D eigenvalue weighted by atomic mass is 31.1. The summed E-state index contributed by atoms with van der Waals surface area (Å²) in [5.41, 5.74) is 0. The summed E-state index contributed by atoms with van der Waals surface area (Å²) in [7, 11) is 2.79. The Balaban J connectivity index is 4.26. The molecular weight excluding hydrogens is 316 g/mol. The quantitative estimate of drug-likeness (QED) is 0.309. The van der Waals surface area contributed by atoms with E-state index >= 15 is 0 Å².